The lowest BCUT2D eigenvalue weighted by molar-refractivity contribution is 0.323. The minimum Gasteiger partial charge on any atom is -0.507 e. The minimum atomic E-state index is -0.924. The maximum atomic E-state index is 13.9. The van der Waals surface area contributed by atoms with Gasteiger partial charge in [-0.3, -0.25) is 0 Å². The van der Waals surface area contributed by atoms with Crippen LogP contribution in [0.3, 0.4) is 0 Å². The Morgan fingerprint density at radius 3 is 2.54 bits per heavy atom. The van der Waals surface area contributed by atoms with E-state index < -0.39 is 11.6 Å². The van der Waals surface area contributed by atoms with E-state index in [4.69, 9.17) is 11.6 Å². The Morgan fingerprint density at radius 1 is 1.08 bits per heavy atom. The van der Waals surface area contributed by atoms with Crippen LogP contribution in [-0.4, -0.2) is 14.7 Å². The molecule has 6 heteroatoms. The van der Waals surface area contributed by atoms with Crippen molar-refractivity contribution in [2.75, 3.05) is 0 Å². The molecular formula is C20H19ClF2N2O. The summed E-state index contributed by atoms with van der Waals surface area (Å²) in [6.45, 7) is 0.666. The molecule has 0 bridgehead atoms. The predicted molar refractivity (Wildman–Crippen MR) is 98.3 cm³/mol. The number of aromatic hydroxyl groups is 1. The van der Waals surface area contributed by atoms with Crippen molar-refractivity contribution in [3.63, 3.8) is 0 Å². The molecule has 1 aromatic heterocycles. The van der Waals surface area contributed by atoms with Crippen LogP contribution in [0.15, 0.2) is 30.3 Å². The summed E-state index contributed by atoms with van der Waals surface area (Å²) in [6.07, 6.45) is 5.82. The average molecular weight is 377 g/mol. The van der Waals surface area contributed by atoms with Crippen LogP contribution in [0.2, 0.25) is 5.02 Å². The molecule has 4 rings (SSSR count). The number of rotatable bonds is 3. The standard InChI is InChI=1S/C20H19ClF2N2O/c21-13-6-7-14(19(26)8-13)20-24-17-9-15(22)16(23)10-18(17)25(20)11-12-4-2-1-3-5-12/h6-10,12,26H,1-5,11H2. The zero-order valence-electron chi connectivity index (χ0n) is 14.2. The molecule has 1 heterocycles. The molecule has 3 aromatic rings. The fraction of sp³-hybridized carbons (Fsp3) is 0.350. The van der Waals surface area contributed by atoms with Gasteiger partial charge in [-0.25, -0.2) is 13.8 Å². The van der Waals surface area contributed by atoms with Crippen molar-refractivity contribution in [2.24, 2.45) is 5.92 Å². The van der Waals surface area contributed by atoms with Gasteiger partial charge in [-0.1, -0.05) is 30.9 Å². The lowest BCUT2D eigenvalue weighted by Gasteiger charge is -2.23. The summed E-state index contributed by atoms with van der Waals surface area (Å²) in [4.78, 5) is 4.49. The monoisotopic (exact) mass is 376 g/mol. The van der Waals surface area contributed by atoms with Crippen molar-refractivity contribution in [3.8, 4) is 17.1 Å². The van der Waals surface area contributed by atoms with E-state index in [1.165, 1.54) is 31.4 Å². The number of hydrogen-bond acceptors (Lipinski definition) is 2. The van der Waals surface area contributed by atoms with Crippen LogP contribution in [0.1, 0.15) is 32.1 Å². The SMILES string of the molecule is Oc1cc(Cl)ccc1-c1nc2cc(F)c(F)cc2n1CC1CCCCC1. The Morgan fingerprint density at radius 2 is 1.81 bits per heavy atom. The Balaban J connectivity index is 1.88. The van der Waals surface area contributed by atoms with Gasteiger partial charge in [0.2, 0.25) is 0 Å². The van der Waals surface area contributed by atoms with Gasteiger partial charge in [-0.2, -0.15) is 0 Å². The number of benzene rings is 2. The van der Waals surface area contributed by atoms with Crippen molar-refractivity contribution in [1.29, 1.82) is 0 Å². The van der Waals surface area contributed by atoms with Crippen molar-refractivity contribution >= 4 is 22.6 Å². The summed E-state index contributed by atoms with van der Waals surface area (Å²) in [7, 11) is 0. The smallest absolute Gasteiger partial charge is 0.161 e. The number of phenols is 1. The van der Waals surface area contributed by atoms with E-state index in [1.54, 1.807) is 12.1 Å². The lowest BCUT2D eigenvalue weighted by Crippen LogP contribution is -2.15. The molecule has 2 aromatic carbocycles. The zero-order valence-corrected chi connectivity index (χ0v) is 14.9. The number of hydrogen-bond donors (Lipinski definition) is 1. The quantitative estimate of drug-likeness (QED) is 0.616. The molecule has 0 spiro atoms. The topological polar surface area (TPSA) is 38.1 Å². The van der Waals surface area contributed by atoms with E-state index in [1.807, 2.05) is 4.57 Å². The summed E-state index contributed by atoms with van der Waals surface area (Å²) in [5, 5.41) is 10.7. The molecular weight excluding hydrogens is 358 g/mol. The van der Waals surface area contributed by atoms with Crippen LogP contribution >= 0.6 is 11.6 Å². The largest absolute Gasteiger partial charge is 0.507 e. The van der Waals surface area contributed by atoms with Gasteiger partial charge in [0.15, 0.2) is 11.6 Å². The van der Waals surface area contributed by atoms with E-state index in [0.717, 1.165) is 18.9 Å². The molecule has 0 unspecified atom stereocenters. The van der Waals surface area contributed by atoms with Gasteiger partial charge in [0.05, 0.1) is 16.6 Å². The van der Waals surface area contributed by atoms with Crippen LogP contribution in [0.5, 0.6) is 5.75 Å². The van der Waals surface area contributed by atoms with Gasteiger partial charge in [0.25, 0.3) is 0 Å². The minimum absolute atomic E-state index is 0.00126. The number of halogens is 3. The fourth-order valence-electron chi connectivity index (χ4n) is 3.83. The second-order valence-electron chi connectivity index (χ2n) is 6.97. The first kappa shape index (κ1) is 17.3. The van der Waals surface area contributed by atoms with E-state index in [9.17, 15) is 13.9 Å². The van der Waals surface area contributed by atoms with Gasteiger partial charge in [-0.05, 0) is 37.0 Å². The Bertz CT molecular complexity index is 964. The summed E-state index contributed by atoms with van der Waals surface area (Å²) >= 11 is 5.93. The molecule has 0 atom stereocenters. The highest BCUT2D eigenvalue weighted by molar-refractivity contribution is 6.30. The third kappa shape index (κ3) is 3.16. The normalized spacial score (nSPS) is 15.7. The van der Waals surface area contributed by atoms with Crippen LogP contribution in [-0.2, 0) is 6.54 Å². The van der Waals surface area contributed by atoms with E-state index >= 15 is 0 Å². The molecule has 3 nitrogen and oxygen atoms in total. The van der Waals surface area contributed by atoms with Crippen LogP contribution in [0.4, 0.5) is 8.78 Å². The average Bonchev–Trinajstić information content (AvgIpc) is 2.94. The molecule has 0 amide bonds. The molecule has 1 N–H and O–H groups in total. The fourth-order valence-corrected chi connectivity index (χ4v) is 4.00. The highest BCUT2D eigenvalue weighted by Gasteiger charge is 2.22. The molecule has 0 saturated heterocycles. The molecule has 136 valence electrons. The summed E-state index contributed by atoms with van der Waals surface area (Å²) in [6, 6.07) is 7.10. The van der Waals surface area contributed by atoms with Crippen LogP contribution < -0.4 is 0 Å². The van der Waals surface area contributed by atoms with Crippen LogP contribution in [0.25, 0.3) is 22.4 Å². The maximum absolute atomic E-state index is 13.9. The van der Waals surface area contributed by atoms with Crippen molar-refractivity contribution < 1.29 is 13.9 Å². The van der Waals surface area contributed by atoms with E-state index in [2.05, 4.69) is 4.98 Å². The van der Waals surface area contributed by atoms with Gasteiger partial charge in [-0.15, -0.1) is 0 Å². The molecule has 0 radical (unpaired) electrons. The third-order valence-electron chi connectivity index (χ3n) is 5.16. The first-order chi connectivity index (χ1) is 12.5. The Kier molecular flexibility index (Phi) is 4.57. The Hall–Kier alpha value is -2.14. The second-order valence-corrected chi connectivity index (χ2v) is 7.40. The van der Waals surface area contributed by atoms with Crippen molar-refractivity contribution in [1.82, 2.24) is 9.55 Å². The van der Waals surface area contributed by atoms with E-state index in [0.29, 0.717) is 39.9 Å². The number of aromatic nitrogens is 2. The van der Waals surface area contributed by atoms with Crippen LogP contribution in [0, 0.1) is 17.6 Å². The Labute approximate surface area is 155 Å². The first-order valence-electron chi connectivity index (χ1n) is 8.87. The molecule has 1 fully saturated rings. The third-order valence-corrected chi connectivity index (χ3v) is 5.39. The van der Waals surface area contributed by atoms with Crippen molar-refractivity contribution in [2.45, 2.75) is 38.6 Å². The van der Waals surface area contributed by atoms with Crippen molar-refractivity contribution in [3.05, 3.63) is 47.0 Å². The summed E-state index contributed by atoms with van der Waals surface area (Å²) < 4.78 is 29.5. The molecule has 1 aliphatic carbocycles. The molecule has 1 aliphatic rings. The summed E-state index contributed by atoms with van der Waals surface area (Å²) in [5.74, 6) is -0.855. The van der Waals surface area contributed by atoms with Gasteiger partial charge >= 0.3 is 0 Å². The summed E-state index contributed by atoms with van der Waals surface area (Å²) in [5.41, 5.74) is 1.42. The zero-order chi connectivity index (χ0) is 18.3. The number of phenolic OH excluding ortho intramolecular Hbond substituents is 1. The maximum Gasteiger partial charge on any atom is 0.161 e. The number of nitrogens with zero attached hydrogens (tertiary/aromatic N) is 2. The van der Waals surface area contributed by atoms with E-state index in [-0.39, 0.29) is 5.75 Å². The van der Waals surface area contributed by atoms with Gasteiger partial charge in [0, 0.05) is 23.7 Å². The lowest BCUT2D eigenvalue weighted by atomic mass is 9.89. The number of imidazole rings is 1. The predicted octanol–water partition coefficient (Wildman–Crippen LogP) is 5.92. The molecule has 1 saturated carbocycles. The van der Waals surface area contributed by atoms with Gasteiger partial charge < -0.3 is 9.67 Å². The number of fused-ring (bicyclic) bond motifs is 1. The highest BCUT2D eigenvalue weighted by Crippen LogP contribution is 2.35. The molecule has 26 heavy (non-hydrogen) atoms. The van der Waals surface area contributed by atoms with Gasteiger partial charge in [0.1, 0.15) is 11.6 Å². The highest BCUT2D eigenvalue weighted by atomic mass is 35.5. The second kappa shape index (κ2) is 6.88. The first-order valence-corrected chi connectivity index (χ1v) is 9.25. The molecule has 0 aliphatic heterocycles.